The Balaban J connectivity index is 1.45. The molecule has 0 spiro atoms. The number of rotatable bonds is 3. The highest BCUT2D eigenvalue weighted by Crippen LogP contribution is 2.17. The van der Waals surface area contributed by atoms with Crippen molar-refractivity contribution in [3.63, 3.8) is 0 Å². The molecule has 4 nitrogen and oxygen atoms in total. The Hall–Kier alpha value is -2.46. The summed E-state index contributed by atoms with van der Waals surface area (Å²) in [4.78, 5) is 12.6. The summed E-state index contributed by atoms with van der Waals surface area (Å²) in [6.45, 7) is 5.38. The van der Waals surface area contributed by atoms with Crippen LogP contribution in [0.3, 0.4) is 0 Å². The molecule has 116 valence electrons. The summed E-state index contributed by atoms with van der Waals surface area (Å²) in [5, 5.41) is 2.72. The minimum atomic E-state index is 0.858. The predicted molar refractivity (Wildman–Crippen MR) is 92.6 cm³/mol. The van der Waals surface area contributed by atoms with Gasteiger partial charge in [-0.3, -0.25) is 0 Å². The molecule has 3 aromatic rings. The molecule has 0 amide bonds. The van der Waals surface area contributed by atoms with Gasteiger partial charge in [-0.25, -0.2) is 9.97 Å². The quantitative estimate of drug-likeness (QED) is 0.797. The molecule has 0 saturated carbocycles. The number of nitrogens with zero attached hydrogens (tertiary/aromatic N) is 3. The van der Waals surface area contributed by atoms with Crippen LogP contribution in [0.5, 0.6) is 0 Å². The van der Waals surface area contributed by atoms with Crippen molar-refractivity contribution >= 4 is 16.7 Å². The van der Waals surface area contributed by atoms with E-state index < -0.39 is 0 Å². The minimum Gasteiger partial charge on any atom is -0.330 e. The number of piperazine rings is 1. The average Bonchev–Trinajstić information content (AvgIpc) is 2.63. The van der Waals surface area contributed by atoms with E-state index in [0.717, 1.165) is 38.7 Å². The fourth-order valence-electron chi connectivity index (χ4n) is 3.37. The smallest absolute Gasteiger partial charge is 0.225 e. The fraction of sp³-hybridized carbons (Fsp3) is 0.263. The van der Waals surface area contributed by atoms with Crippen molar-refractivity contribution in [1.82, 2.24) is 9.97 Å². The first-order chi connectivity index (χ1) is 11.4. The SMILES string of the molecule is c1cnc(N2CC[NH+](Cc3cccc4ccccc34)CC2)nc1. The maximum atomic E-state index is 4.36. The van der Waals surface area contributed by atoms with Crippen LogP contribution >= 0.6 is 0 Å². The second-order valence-corrected chi connectivity index (χ2v) is 6.10. The molecule has 0 atom stereocenters. The van der Waals surface area contributed by atoms with E-state index in [1.165, 1.54) is 16.3 Å². The Morgan fingerprint density at radius 1 is 0.870 bits per heavy atom. The van der Waals surface area contributed by atoms with Crippen molar-refractivity contribution in [1.29, 1.82) is 0 Å². The van der Waals surface area contributed by atoms with Crippen LogP contribution in [0, 0.1) is 0 Å². The van der Waals surface area contributed by atoms with Crippen molar-refractivity contribution in [2.75, 3.05) is 31.1 Å². The molecule has 2 aromatic carbocycles. The van der Waals surface area contributed by atoms with Gasteiger partial charge in [-0.05, 0) is 16.8 Å². The maximum Gasteiger partial charge on any atom is 0.225 e. The second kappa shape index (κ2) is 6.34. The summed E-state index contributed by atoms with van der Waals surface area (Å²) in [6, 6.07) is 17.2. The molecule has 23 heavy (non-hydrogen) atoms. The number of aromatic nitrogens is 2. The van der Waals surface area contributed by atoms with E-state index in [0.29, 0.717) is 0 Å². The van der Waals surface area contributed by atoms with E-state index in [1.807, 2.05) is 18.5 Å². The van der Waals surface area contributed by atoms with Crippen LogP contribution in [-0.4, -0.2) is 36.1 Å². The van der Waals surface area contributed by atoms with Gasteiger partial charge >= 0.3 is 0 Å². The first-order valence-electron chi connectivity index (χ1n) is 8.22. The lowest BCUT2D eigenvalue weighted by Gasteiger charge is -2.32. The second-order valence-electron chi connectivity index (χ2n) is 6.10. The standard InChI is InChI=1S/C19H20N4/c1-2-8-18-16(5-1)6-3-7-17(18)15-22-11-13-23(14-12-22)19-20-9-4-10-21-19/h1-10H,11-15H2/p+1. The molecule has 1 aliphatic heterocycles. The molecule has 4 heteroatoms. The number of nitrogens with one attached hydrogen (secondary N) is 1. The Morgan fingerprint density at radius 3 is 2.43 bits per heavy atom. The maximum absolute atomic E-state index is 4.36. The zero-order valence-corrected chi connectivity index (χ0v) is 13.2. The average molecular weight is 305 g/mol. The van der Waals surface area contributed by atoms with Crippen molar-refractivity contribution in [3.05, 3.63) is 66.5 Å². The Morgan fingerprint density at radius 2 is 1.61 bits per heavy atom. The first kappa shape index (κ1) is 14.2. The molecule has 1 N–H and O–H groups in total. The van der Waals surface area contributed by atoms with Crippen molar-refractivity contribution in [2.24, 2.45) is 0 Å². The van der Waals surface area contributed by atoms with Gasteiger partial charge in [0, 0.05) is 18.0 Å². The molecule has 1 fully saturated rings. The largest absolute Gasteiger partial charge is 0.330 e. The number of hydrogen-bond donors (Lipinski definition) is 1. The molecular formula is C19H21N4+. The zero-order valence-electron chi connectivity index (χ0n) is 13.2. The molecule has 0 aliphatic carbocycles. The lowest BCUT2D eigenvalue weighted by atomic mass is 10.0. The van der Waals surface area contributed by atoms with Crippen LogP contribution in [-0.2, 0) is 6.54 Å². The number of fused-ring (bicyclic) bond motifs is 1. The van der Waals surface area contributed by atoms with E-state index in [9.17, 15) is 0 Å². The van der Waals surface area contributed by atoms with Gasteiger partial charge in [-0.15, -0.1) is 0 Å². The van der Waals surface area contributed by atoms with Crippen LogP contribution in [0.2, 0.25) is 0 Å². The highest BCUT2D eigenvalue weighted by atomic mass is 15.3. The number of quaternary nitrogens is 1. The highest BCUT2D eigenvalue weighted by molar-refractivity contribution is 5.85. The topological polar surface area (TPSA) is 33.5 Å². The minimum absolute atomic E-state index is 0.858. The third-order valence-electron chi connectivity index (χ3n) is 4.63. The summed E-state index contributed by atoms with van der Waals surface area (Å²) in [5.74, 6) is 0.858. The van der Waals surface area contributed by atoms with Crippen LogP contribution in [0.15, 0.2) is 60.9 Å². The highest BCUT2D eigenvalue weighted by Gasteiger charge is 2.22. The molecule has 0 bridgehead atoms. The van der Waals surface area contributed by atoms with Gasteiger partial charge in [0.05, 0.1) is 26.2 Å². The van der Waals surface area contributed by atoms with E-state index in [4.69, 9.17) is 0 Å². The molecule has 0 radical (unpaired) electrons. The molecular weight excluding hydrogens is 284 g/mol. The van der Waals surface area contributed by atoms with E-state index >= 15 is 0 Å². The third-order valence-corrected chi connectivity index (χ3v) is 4.63. The lowest BCUT2D eigenvalue weighted by Crippen LogP contribution is -3.13. The van der Waals surface area contributed by atoms with Crippen molar-refractivity contribution < 1.29 is 4.90 Å². The van der Waals surface area contributed by atoms with E-state index in [2.05, 4.69) is 57.3 Å². The van der Waals surface area contributed by atoms with Gasteiger partial charge in [0.15, 0.2) is 0 Å². The first-order valence-corrected chi connectivity index (χ1v) is 8.22. The zero-order chi connectivity index (χ0) is 15.5. The Bertz CT molecular complexity index is 774. The number of hydrogen-bond acceptors (Lipinski definition) is 3. The van der Waals surface area contributed by atoms with Gasteiger partial charge in [0.1, 0.15) is 6.54 Å². The molecule has 1 saturated heterocycles. The molecule has 4 rings (SSSR count). The van der Waals surface area contributed by atoms with Gasteiger partial charge < -0.3 is 9.80 Å². The predicted octanol–water partition coefficient (Wildman–Crippen LogP) is 1.53. The van der Waals surface area contributed by atoms with E-state index in [-0.39, 0.29) is 0 Å². The van der Waals surface area contributed by atoms with Gasteiger partial charge in [-0.1, -0.05) is 42.5 Å². The summed E-state index contributed by atoms with van der Waals surface area (Å²) in [6.07, 6.45) is 3.63. The van der Waals surface area contributed by atoms with Crippen molar-refractivity contribution in [3.8, 4) is 0 Å². The van der Waals surface area contributed by atoms with Gasteiger partial charge in [0.2, 0.25) is 5.95 Å². The monoisotopic (exact) mass is 305 g/mol. The summed E-state index contributed by atoms with van der Waals surface area (Å²) in [5.41, 5.74) is 1.45. The van der Waals surface area contributed by atoms with Crippen LogP contribution in [0.1, 0.15) is 5.56 Å². The van der Waals surface area contributed by atoms with Gasteiger partial charge in [0.25, 0.3) is 0 Å². The summed E-state index contributed by atoms with van der Waals surface area (Å²) < 4.78 is 0. The lowest BCUT2D eigenvalue weighted by molar-refractivity contribution is -0.914. The van der Waals surface area contributed by atoms with Gasteiger partial charge in [-0.2, -0.15) is 0 Å². The van der Waals surface area contributed by atoms with Crippen LogP contribution < -0.4 is 9.80 Å². The van der Waals surface area contributed by atoms with E-state index in [1.54, 1.807) is 4.90 Å². The van der Waals surface area contributed by atoms with Crippen LogP contribution in [0.4, 0.5) is 5.95 Å². The van der Waals surface area contributed by atoms with Crippen LogP contribution in [0.25, 0.3) is 10.8 Å². The summed E-state index contributed by atoms with van der Waals surface area (Å²) in [7, 11) is 0. The molecule has 2 heterocycles. The third kappa shape index (κ3) is 3.03. The summed E-state index contributed by atoms with van der Waals surface area (Å²) >= 11 is 0. The Kier molecular flexibility index (Phi) is 3.90. The molecule has 1 aromatic heterocycles. The molecule has 1 aliphatic rings. The normalized spacial score (nSPS) is 15.9. The molecule has 0 unspecified atom stereocenters. The number of anilines is 1. The fourth-order valence-corrected chi connectivity index (χ4v) is 3.37. The van der Waals surface area contributed by atoms with Crippen molar-refractivity contribution in [2.45, 2.75) is 6.54 Å². The number of benzene rings is 2. The Labute approximate surface area is 136 Å².